The number of ether oxygens (including phenoxy) is 1. The van der Waals surface area contributed by atoms with E-state index in [0.717, 1.165) is 12.8 Å². The first-order valence-corrected chi connectivity index (χ1v) is 9.19. The summed E-state index contributed by atoms with van der Waals surface area (Å²) in [7, 11) is 0. The van der Waals surface area contributed by atoms with Gasteiger partial charge in [-0.25, -0.2) is 9.80 Å². The summed E-state index contributed by atoms with van der Waals surface area (Å²) < 4.78 is 5.26. The highest BCUT2D eigenvalue weighted by molar-refractivity contribution is 5.85. The molecule has 0 saturated carbocycles. The van der Waals surface area contributed by atoms with Gasteiger partial charge in [0.25, 0.3) is 5.91 Å². The molecule has 1 heterocycles. The second-order valence-corrected chi connectivity index (χ2v) is 8.55. The molecule has 1 saturated heterocycles. The van der Waals surface area contributed by atoms with Crippen molar-refractivity contribution in [2.45, 2.75) is 78.6 Å². The van der Waals surface area contributed by atoms with Crippen molar-refractivity contribution in [1.29, 1.82) is 0 Å². The van der Waals surface area contributed by atoms with E-state index in [0.29, 0.717) is 25.4 Å². The number of hydrazine groups is 1. The number of nitrogens with one attached hydrogen (secondary N) is 2. The van der Waals surface area contributed by atoms with Gasteiger partial charge in [-0.3, -0.25) is 10.2 Å². The van der Waals surface area contributed by atoms with E-state index < -0.39 is 23.8 Å². The standard InChI is InChI=1S/C18H35N3O4/c1-12(2)9-15(19-17(24)25-18(4,5)6)16(23)20-21-10-13(3)7-8-14(22)11-21/h12-15,22H,7-11H2,1-6H3,(H,19,24)(H,20,23)/t13?,14-,15?/m0/s1. The Labute approximate surface area is 151 Å². The van der Waals surface area contributed by atoms with Gasteiger partial charge in [-0.2, -0.15) is 0 Å². The predicted molar refractivity (Wildman–Crippen MR) is 96.7 cm³/mol. The van der Waals surface area contributed by atoms with Gasteiger partial charge in [0.2, 0.25) is 0 Å². The highest BCUT2D eigenvalue weighted by Crippen LogP contribution is 2.15. The largest absolute Gasteiger partial charge is 0.444 e. The van der Waals surface area contributed by atoms with Crippen molar-refractivity contribution in [3.8, 4) is 0 Å². The quantitative estimate of drug-likeness (QED) is 0.700. The maximum absolute atomic E-state index is 12.7. The van der Waals surface area contributed by atoms with Gasteiger partial charge in [-0.15, -0.1) is 0 Å². The lowest BCUT2D eigenvalue weighted by molar-refractivity contribution is -0.129. The summed E-state index contributed by atoms with van der Waals surface area (Å²) in [5, 5.41) is 14.4. The fourth-order valence-corrected chi connectivity index (χ4v) is 2.84. The van der Waals surface area contributed by atoms with Gasteiger partial charge < -0.3 is 15.2 Å². The summed E-state index contributed by atoms with van der Waals surface area (Å²) in [6.45, 7) is 12.5. The molecule has 3 atom stereocenters. The second kappa shape index (κ2) is 9.38. The third kappa shape index (κ3) is 9.07. The Morgan fingerprint density at radius 3 is 2.44 bits per heavy atom. The molecule has 146 valence electrons. The molecule has 0 radical (unpaired) electrons. The van der Waals surface area contributed by atoms with Crippen molar-refractivity contribution in [2.24, 2.45) is 11.8 Å². The lowest BCUT2D eigenvalue weighted by atomic mass is 10.0. The highest BCUT2D eigenvalue weighted by atomic mass is 16.6. The van der Waals surface area contributed by atoms with Crippen molar-refractivity contribution in [2.75, 3.05) is 13.1 Å². The average molecular weight is 357 g/mol. The van der Waals surface area contributed by atoms with Crippen LogP contribution in [0.25, 0.3) is 0 Å². The summed E-state index contributed by atoms with van der Waals surface area (Å²) in [6.07, 6.45) is 1.13. The third-order valence-electron chi connectivity index (χ3n) is 3.94. The molecule has 0 bridgehead atoms. The van der Waals surface area contributed by atoms with Crippen molar-refractivity contribution < 1.29 is 19.4 Å². The number of β-amino-alcohol motifs (C(OH)–C–C–N with tert-alkyl or cyclic N) is 1. The summed E-state index contributed by atoms with van der Waals surface area (Å²) >= 11 is 0. The molecule has 2 unspecified atom stereocenters. The summed E-state index contributed by atoms with van der Waals surface area (Å²) in [5.74, 6) is 0.347. The summed E-state index contributed by atoms with van der Waals surface area (Å²) in [6, 6.07) is -0.675. The zero-order valence-electron chi connectivity index (χ0n) is 16.5. The second-order valence-electron chi connectivity index (χ2n) is 8.55. The van der Waals surface area contributed by atoms with E-state index in [1.165, 1.54) is 0 Å². The van der Waals surface area contributed by atoms with Crippen LogP contribution in [0, 0.1) is 11.8 Å². The number of aliphatic hydroxyl groups excluding tert-OH is 1. The number of carbonyl (C=O) groups is 2. The van der Waals surface area contributed by atoms with Crippen molar-refractivity contribution in [3.63, 3.8) is 0 Å². The number of aliphatic hydroxyl groups is 1. The molecule has 0 spiro atoms. The molecule has 3 N–H and O–H groups in total. The normalized spacial score (nSPS) is 23.7. The molecule has 7 heteroatoms. The smallest absolute Gasteiger partial charge is 0.408 e. The number of nitrogens with zero attached hydrogens (tertiary/aromatic N) is 1. The number of hydrogen-bond donors (Lipinski definition) is 3. The zero-order chi connectivity index (χ0) is 19.2. The van der Waals surface area contributed by atoms with E-state index in [1.54, 1.807) is 25.8 Å². The molecule has 0 aliphatic carbocycles. The molecule has 7 nitrogen and oxygen atoms in total. The minimum Gasteiger partial charge on any atom is -0.444 e. The van der Waals surface area contributed by atoms with Crippen LogP contribution in [0.15, 0.2) is 0 Å². The van der Waals surface area contributed by atoms with Crippen LogP contribution in [0.2, 0.25) is 0 Å². The lowest BCUT2D eigenvalue weighted by Gasteiger charge is -2.28. The maximum atomic E-state index is 12.7. The summed E-state index contributed by atoms with van der Waals surface area (Å²) in [4.78, 5) is 24.7. The highest BCUT2D eigenvalue weighted by Gasteiger charge is 2.28. The van der Waals surface area contributed by atoms with E-state index in [2.05, 4.69) is 17.7 Å². The number of carbonyl (C=O) groups excluding carboxylic acids is 2. The van der Waals surface area contributed by atoms with Gasteiger partial charge in [0.05, 0.1) is 6.10 Å². The molecule has 2 amide bonds. The SMILES string of the molecule is CC(C)CC(NC(=O)OC(C)(C)C)C(=O)NN1CC(C)CC[C@H](O)C1. The van der Waals surface area contributed by atoms with Crippen LogP contribution in [-0.2, 0) is 9.53 Å². The monoisotopic (exact) mass is 357 g/mol. The molecule has 0 aromatic rings. The van der Waals surface area contributed by atoms with Gasteiger partial charge >= 0.3 is 6.09 Å². The number of hydrogen-bond acceptors (Lipinski definition) is 5. The van der Waals surface area contributed by atoms with Gasteiger partial charge in [-0.05, 0) is 51.9 Å². The Balaban J connectivity index is 2.70. The molecule has 1 aliphatic heterocycles. The molecule has 0 aromatic carbocycles. The number of amides is 2. The van der Waals surface area contributed by atoms with Crippen molar-refractivity contribution in [3.05, 3.63) is 0 Å². The molecule has 1 rings (SSSR count). The Morgan fingerprint density at radius 1 is 1.24 bits per heavy atom. The van der Waals surface area contributed by atoms with Crippen molar-refractivity contribution >= 4 is 12.0 Å². The van der Waals surface area contributed by atoms with Crippen LogP contribution in [0.1, 0.15) is 60.8 Å². The third-order valence-corrected chi connectivity index (χ3v) is 3.94. The minimum atomic E-state index is -0.675. The molecular formula is C18H35N3O4. The Kier molecular flexibility index (Phi) is 8.15. The lowest BCUT2D eigenvalue weighted by Crippen LogP contribution is -2.55. The minimum absolute atomic E-state index is 0.235. The Hall–Kier alpha value is -1.34. The van der Waals surface area contributed by atoms with E-state index >= 15 is 0 Å². The number of alkyl carbamates (subject to hydrolysis) is 1. The first-order valence-electron chi connectivity index (χ1n) is 9.19. The zero-order valence-corrected chi connectivity index (χ0v) is 16.5. The van der Waals surface area contributed by atoms with Gasteiger partial charge in [0.1, 0.15) is 11.6 Å². The van der Waals surface area contributed by atoms with E-state index in [9.17, 15) is 14.7 Å². The average Bonchev–Trinajstić information content (AvgIpc) is 2.56. The topological polar surface area (TPSA) is 90.9 Å². The van der Waals surface area contributed by atoms with Crippen LogP contribution >= 0.6 is 0 Å². The Bertz CT molecular complexity index is 436. The number of rotatable bonds is 5. The van der Waals surface area contributed by atoms with Gasteiger partial charge in [0, 0.05) is 13.1 Å². The molecular weight excluding hydrogens is 322 g/mol. The molecule has 1 aliphatic rings. The van der Waals surface area contributed by atoms with E-state index in [4.69, 9.17) is 4.74 Å². The molecule has 0 aromatic heterocycles. The van der Waals surface area contributed by atoms with E-state index in [-0.39, 0.29) is 11.8 Å². The van der Waals surface area contributed by atoms with E-state index in [1.807, 2.05) is 13.8 Å². The van der Waals surface area contributed by atoms with Gasteiger partial charge in [0.15, 0.2) is 0 Å². The first kappa shape index (κ1) is 21.7. The molecule has 1 fully saturated rings. The predicted octanol–water partition coefficient (Wildman–Crippen LogP) is 2.05. The fraction of sp³-hybridized carbons (Fsp3) is 0.889. The van der Waals surface area contributed by atoms with Crippen LogP contribution in [-0.4, -0.2) is 53.0 Å². The van der Waals surface area contributed by atoms with Crippen LogP contribution < -0.4 is 10.7 Å². The Morgan fingerprint density at radius 2 is 1.88 bits per heavy atom. The van der Waals surface area contributed by atoms with Crippen molar-refractivity contribution in [1.82, 2.24) is 15.8 Å². The molecule has 25 heavy (non-hydrogen) atoms. The van der Waals surface area contributed by atoms with Gasteiger partial charge in [-0.1, -0.05) is 20.8 Å². The summed E-state index contributed by atoms with van der Waals surface area (Å²) in [5.41, 5.74) is 2.24. The van der Waals surface area contributed by atoms with Crippen LogP contribution in [0.4, 0.5) is 4.79 Å². The maximum Gasteiger partial charge on any atom is 0.408 e. The first-order chi connectivity index (χ1) is 11.5. The van der Waals surface area contributed by atoms with Crippen LogP contribution in [0.5, 0.6) is 0 Å². The fourth-order valence-electron chi connectivity index (χ4n) is 2.84. The van der Waals surface area contributed by atoms with Crippen LogP contribution in [0.3, 0.4) is 0 Å².